The van der Waals surface area contributed by atoms with E-state index in [4.69, 9.17) is 0 Å². The first-order valence-electron chi connectivity index (χ1n) is 11.0. The Morgan fingerprint density at radius 2 is 1.52 bits per heavy atom. The maximum atomic E-state index is 12.7. The molecule has 2 fully saturated rings. The fourth-order valence-electron chi connectivity index (χ4n) is 4.50. The van der Waals surface area contributed by atoms with E-state index in [1.54, 1.807) is 0 Å². The van der Waals surface area contributed by atoms with Crippen LogP contribution in [0.4, 0.5) is 0 Å². The van der Waals surface area contributed by atoms with E-state index in [1.165, 1.54) is 23.8 Å². The first-order valence-corrected chi connectivity index (χ1v) is 11.0. The third-order valence-corrected chi connectivity index (χ3v) is 6.33. The lowest BCUT2D eigenvalue weighted by atomic mass is 10.1. The summed E-state index contributed by atoms with van der Waals surface area (Å²) in [4.78, 5) is 34.7. The number of amides is 2. The number of benzene rings is 1. The van der Waals surface area contributed by atoms with Gasteiger partial charge in [-0.05, 0) is 30.9 Å². The number of aromatic amines is 1. The first kappa shape index (κ1) is 20.0. The molecule has 1 aromatic heterocycles. The monoisotopic (exact) mass is 396 g/mol. The third kappa shape index (κ3) is 4.99. The van der Waals surface area contributed by atoms with Gasteiger partial charge in [0.15, 0.2) is 0 Å². The predicted octanol–water partition coefficient (Wildman–Crippen LogP) is 2.65. The third-order valence-electron chi connectivity index (χ3n) is 6.33. The largest absolute Gasteiger partial charge is 0.361 e. The van der Waals surface area contributed by atoms with Crippen LogP contribution in [0.15, 0.2) is 30.5 Å². The van der Waals surface area contributed by atoms with Gasteiger partial charge in [0, 0.05) is 62.8 Å². The van der Waals surface area contributed by atoms with Crippen molar-refractivity contribution < 1.29 is 9.59 Å². The van der Waals surface area contributed by atoms with Gasteiger partial charge in [0.2, 0.25) is 11.8 Å². The minimum Gasteiger partial charge on any atom is -0.361 e. The number of carbonyl (C=O) groups is 2. The average Bonchev–Trinajstić information content (AvgIpc) is 2.96. The molecule has 3 heterocycles. The number of fused-ring (bicyclic) bond motifs is 1. The second-order valence-corrected chi connectivity index (χ2v) is 8.31. The number of aryl methyl sites for hydroxylation is 1. The number of nitrogens with one attached hydrogen (secondary N) is 1. The van der Waals surface area contributed by atoms with Gasteiger partial charge in [0.1, 0.15) is 0 Å². The molecule has 6 nitrogen and oxygen atoms in total. The summed E-state index contributed by atoms with van der Waals surface area (Å²) in [6.07, 6.45) is 8.05. The fourth-order valence-corrected chi connectivity index (χ4v) is 4.50. The van der Waals surface area contributed by atoms with Crippen LogP contribution >= 0.6 is 0 Å². The number of aromatic nitrogens is 1. The molecule has 2 aliphatic rings. The lowest BCUT2D eigenvalue weighted by Gasteiger charge is -2.35. The zero-order chi connectivity index (χ0) is 20.1. The molecule has 2 amide bonds. The quantitative estimate of drug-likeness (QED) is 0.845. The molecule has 29 heavy (non-hydrogen) atoms. The van der Waals surface area contributed by atoms with E-state index in [9.17, 15) is 9.59 Å². The number of para-hydroxylation sites is 1. The molecule has 0 aliphatic carbocycles. The van der Waals surface area contributed by atoms with Gasteiger partial charge in [-0.3, -0.25) is 14.5 Å². The SMILES string of the molecule is O=C(CCc1c[nH]c2ccccc12)N1CCN(CC(=O)N2CCCCCC2)CC1. The van der Waals surface area contributed by atoms with Crippen LogP contribution in [-0.4, -0.2) is 77.3 Å². The molecule has 1 N–H and O–H groups in total. The molecule has 2 saturated heterocycles. The molecule has 0 saturated carbocycles. The van der Waals surface area contributed by atoms with Crippen molar-refractivity contribution in [2.45, 2.75) is 38.5 Å². The molecule has 0 unspecified atom stereocenters. The van der Waals surface area contributed by atoms with Crippen LogP contribution in [0, 0.1) is 0 Å². The highest BCUT2D eigenvalue weighted by Crippen LogP contribution is 2.19. The summed E-state index contributed by atoms with van der Waals surface area (Å²) in [5.41, 5.74) is 2.33. The van der Waals surface area contributed by atoms with Crippen molar-refractivity contribution in [3.05, 3.63) is 36.0 Å². The Labute approximate surface area is 172 Å². The van der Waals surface area contributed by atoms with Gasteiger partial charge < -0.3 is 14.8 Å². The van der Waals surface area contributed by atoms with Gasteiger partial charge in [-0.1, -0.05) is 31.0 Å². The maximum absolute atomic E-state index is 12.7. The Morgan fingerprint density at radius 3 is 2.28 bits per heavy atom. The van der Waals surface area contributed by atoms with Gasteiger partial charge in [0.05, 0.1) is 6.54 Å². The standard InChI is InChI=1S/C23H32N4O2/c28-22(10-9-19-17-24-21-8-4-3-7-20(19)21)27-15-13-25(14-16-27)18-23(29)26-11-5-1-2-6-12-26/h3-4,7-8,17,24H,1-2,5-6,9-16,18H2. The van der Waals surface area contributed by atoms with E-state index in [-0.39, 0.29) is 11.8 Å². The van der Waals surface area contributed by atoms with Gasteiger partial charge in [-0.25, -0.2) is 0 Å². The summed E-state index contributed by atoms with van der Waals surface area (Å²) in [7, 11) is 0. The van der Waals surface area contributed by atoms with Crippen LogP contribution in [0.1, 0.15) is 37.7 Å². The molecule has 6 heteroatoms. The van der Waals surface area contributed by atoms with Crippen molar-refractivity contribution in [3.8, 4) is 0 Å². The fraction of sp³-hybridized carbons (Fsp3) is 0.565. The Balaban J connectivity index is 1.21. The highest BCUT2D eigenvalue weighted by atomic mass is 16.2. The number of rotatable bonds is 5. The van der Waals surface area contributed by atoms with E-state index >= 15 is 0 Å². The number of H-pyrrole nitrogens is 1. The van der Waals surface area contributed by atoms with Crippen molar-refractivity contribution in [1.29, 1.82) is 0 Å². The molecule has 0 bridgehead atoms. The van der Waals surface area contributed by atoms with Crippen molar-refractivity contribution in [2.24, 2.45) is 0 Å². The van der Waals surface area contributed by atoms with Crippen molar-refractivity contribution in [3.63, 3.8) is 0 Å². The van der Waals surface area contributed by atoms with E-state index < -0.39 is 0 Å². The van der Waals surface area contributed by atoms with Crippen molar-refractivity contribution in [1.82, 2.24) is 19.7 Å². The number of hydrogen-bond acceptors (Lipinski definition) is 3. The zero-order valence-electron chi connectivity index (χ0n) is 17.2. The number of carbonyl (C=O) groups excluding carboxylic acids is 2. The van der Waals surface area contributed by atoms with E-state index in [0.717, 1.165) is 64.0 Å². The van der Waals surface area contributed by atoms with Crippen LogP contribution in [0.25, 0.3) is 10.9 Å². The van der Waals surface area contributed by atoms with Crippen molar-refractivity contribution in [2.75, 3.05) is 45.8 Å². The summed E-state index contributed by atoms with van der Waals surface area (Å²) in [5.74, 6) is 0.472. The van der Waals surface area contributed by atoms with Crippen molar-refractivity contribution >= 4 is 22.7 Å². The van der Waals surface area contributed by atoms with Crippen LogP contribution in [0.3, 0.4) is 0 Å². The minimum absolute atomic E-state index is 0.216. The van der Waals surface area contributed by atoms with E-state index in [2.05, 4.69) is 22.0 Å². The molecular formula is C23H32N4O2. The Kier molecular flexibility index (Phi) is 6.49. The van der Waals surface area contributed by atoms with Crippen LogP contribution in [0.2, 0.25) is 0 Å². The van der Waals surface area contributed by atoms with Gasteiger partial charge in [-0.2, -0.15) is 0 Å². The number of piperazine rings is 1. The molecule has 0 radical (unpaired) electrons. The van der Waals surface area contributed by atoms with E-state index in [0.29, 0.717) is 13.0 Å². The second-order valence-electron chi connectivity index (χ2n) is 8.31. The molecule has 0 spiro atoms. The maximum Gasteiger partial charge on any atom is 0.236 e. The zero-order valence-corrected chi connectivity index (χ0v) is 17.2. The summed E-state index contributed by atoms with van der Waals surface area (Å²) in [6, 6.07) is 8.22. The molecule has 156 valence electrons. The summed E-state index contributed by atoms with van der Waals surface area (Å²) in [5, 5.41) is 1.21. The lowest BCUT2D eigenvalue weighted by molar-refractivity contribution is -0.135. The first-order chi connectivity index (χ1) is 14.2. The minimum atomic E-state index is 0.216. The van der Waals surface area contributed by atoms with Crippen LogP contribution in [0.5, 0.6) is 0 Å². The van der Waals surface area contributed by atoms with Gasteiger partial charge in [0.25, 0.3) is 0 Å². The molecule has 2 aromatic rings. The van der Waals surface area contributed by atoms with Crippen LogP contribution < -0.4 is 0 Å². The van der Waals surface area contributed by atoms with Gasteiger partial charge >= 0.3 is 0 Å². The van der Waals surface area contributed by atoms with E-state index in [1.807, 2.05) is 28.1 Å². The average molecular weight is 397 g/mol. The topological polar surface area (TPSA) is 59.7 Å². The summed E-state index contributed by atoms with van der Waals surface area (Å²) < 4.78 is 0. The highest BCUT2D eigenvalue weighted by Gasteiger charge is 2.24. The van der Waals surface area contributed by atoms with Crippen LogP contribution in [-0.2, 0) is 16.0 Å². The second kappa shape index (κ2) is 9.44. The lowest BCUT2D eigenvalue weighted by Crippen LogP contribution is -2.51. The number of hydrogen-bond donors (Lipinski definition) is 1. The highest BCUT2D eigenvalue weighted by molar-refractivity contribution is 5.84. The Morgan fingerprint density at radius 1 is 0.828 bits per heavy atom. The Bertz CT molecular complexity index is 830. The normalized spacial score (nSPS) is 18.8. The number of likely N-dealkylation sites (tertiary alicyclic amines) is 1. The molecular weight excluding hydrogens is 364 g/mol. The molecule has 4 rings (SSSR count). The smallest absolute Gasteiger partial charge is 0.236 e. The van der Waals surface area contributed by atoms with Gasteiger partial charge in [-0.15, -0.1) is 0 Å². The summed E-state index contributed by atoms with van der Waals surface area (Å²) >= 11 is 0. The summed E-state index contributed by atoms with van der Waals surface area (Å²) in [6.45, 7) is 5.34. The molecule has 0 atom stereocenters. The Hall–Kier alpha value is -2.34. The predicted molar refractivity (Wildman–Crippen MR) is 115 cm³/mol. The number of nitrogens with zero attached hydrogens (tertiary/aromatic N) is 3. The molecule has 2 aliphatic heterocycles. The molecule has 1 aromatic carbocycles.